The van der Waals surface area contributed by atoms with Crippen LogP contribution in [0.3, 0.4) is 0 Å². The molecule has 0 spiro atoms. The van der Waals surface area contributed by atoms with Crippen molar-refractivity contribution in [2.75, 3.05) is 0 Å². The van der Waals surface area contributed by atoms with E-state index in [2.05, 4.69) is 133 Å². The van der Waals surface area contributed by atoms with Gasteiger partial charge >= 0.3 is 231 Å². The number of aromatic nitrogens is 4. The Bertz CT molecular complexity index is 1690. The van der Waals surface area contributed by atoms with E-state index in [1.807, 2.05) is 6.33 Å². The van der Waals surface area contributed by atoms with Crippen molar-refractivity contribution in [2.45, 2.75) is 70.0 Å². The van der Waals surface area contributed by atoms with Gasteiger partial charge in [-0.15, -0.1) is 5.10 Å². The summed E-state index contributed by atoms with van der Waals surface area (Å²) in [5, 5.41) is 9.99. The normalized spacial score (nSPS) is 13.1. The van der Waals surface area contributed by atoms with E-state index in [9.17, 15) is 0 Å². The van der Waals surface area contributed by atoms with Crippen molar-refractivity contribution >= 4 is 57.4 Å². The summed E-state index contributed by atoms with van der Waals surface area (Å²) in [6.07, 6.45) is 4.25. The molecule has 3 heterocycles. The van der Waals surface area contributed by atoms with Gasteiger partial charge in [-0.1, -0.05) is 0 Å². The molecule has 0 aliphatic heterocycles. The van der Waals surface area contributed by atoms with Gasteiger partial charge in [-0.05, 0) is 0 Å². The molecular weight excluding hydrogens is 561 g/mol. The third-order valence-corrected chi connectivity index (χ3v) is 15.0. The van der Waals surface area contributed by atoms with Gasteiger partial charge in [0.2, 0.25) is 0 Å². The molecular formula is C31H41GeN4SSi+. The van der Waals surface area contributed by atoms with Crippen molar-refractivity contribution < 1.29 is 4.57 Å². The second-order valence-corrected chi connectivity index (χ2v) is 30.5. The van der Waals surface area contributed by atoms with Gasteiger partial charge < -0.3 is 0 Å². The number of hydrogen-bond donors (Lipinski definition) is 0. The van der Waals surface area contributed by atoms with Gasteiger partial charge in [-0.2, -0.15) is 0 Å². The first-order chi connectivity index (χ1) is 17.6. The van der Waals surface area contributed by atoms with Crippen LogP contribution in [-0.4, -0.2) is 35.9 Å². The molecule has 38 heavy (non-hydrogen) atoms. The molecule has 0 atom stereocenters. The molecule has 0 unspecified atom stereocenters. The minimum absolute atomic E-state index is 0.0513. The van der Waals surface area contributed by atoms with Crippen LogP contribution in [-0.2, 0) is 12.5 Å². The Kier molecular flexibility index (Phi) is 6.56. The zero-order valence-corrected chi connectivity index (χ0v) is 28.7. The van der Waals surface area contributed by atoms with Crippen LogP contribution >= 0.6 is 11.3 Å². The van der Waals surface area contributed by atoms with E-state index in [-0.39, 0.29) is 5.41 Å². The molecule has 5 rings (SSSR count). The number of nitrogens with zero attached hydrogens (tertiary/aromatic N) is 4. The minimum atomic E-state index is -1.99. The molecule has 0 saturated heterocycles. The maximum absolute atomic E-state index is 4.36. The summed E-state index contributed by atoms with van der Waals surface area (Å²) < 4.78 is 7.31. The Hall–Kier alpha value is -2.29. The molecule has 0 aliphatic rings. The van der Waals surface area contributed by atoms with Gasteiger partial charge in [-0.3, -0.25) is 0 Å². The van der Waals surface area contributed by atoms with Gasteiger partial charge in [0.15, 0.2) is 0 Å². The van der Waals surface area contributed by atoms with Gasteiger partial charge in [-0.25, -0.2) is 0 Å². The van der Waals surface area contributed by atoms with E-state index in [4.69, 9.17) is 0 Å². The molecule has 0 fully saturated rings. The number of thiazole rings is 1. The molecule has 0 amide bonds. The van der Waals surface area contributed by atoms with Gasteiger partial charge in [0.25, 0.3) is 0 Å². The summed E-state index contributed by atoms with van der Waals surface area (Å²) in [6.45, 7) is 16.7. The van der Waals surface area contributed by atoms with Crippen molar-refractivity contribution in [1.29, 1.82) is 0 Å². The standard InChI is InChI=1S/C31H41GeN4SSi/c1-20-12-15-25-29(37-30-34-33-19-36(25)30)28(20)26-17-23(27(18-35(26)8)38(9,10)11)22-14-13-21(32(5,6)7)16-24(22)31(2,3)4/h12-19H,1-11H3/q+1. The third-order valence-electron chi connectivity index (χ3n) is 7.64. The quantitative estimate of drug-likeness (QED) is 0.168. The van der Waals surface area contributed by atoms with E-state index >= 15 is 0 Å². The van der Waals surface area contributed by atoms with Crippen molar-refractivity contribution in [1.82, 2.24) is 14.6 Å². The van der Waals surface area contributed by atoms with Crippen molar-refractivity contribution in [3.05, 3.63) is 60.0 Å². The van der Waals surface area contributed by atoms with Crippen molar-refractivity contribution in [3.63, 3.8) is 0 Å². The molecule has 0 radical (unpaired) electrons. The van der Waals surface area contributed by atoms with E-state index < -0.39 is 21.3 Å². The SMILES string of the molecule is Cc1ccc2c(sc3nncn32)c1-c1cc(-c2cc[c]([Ge]([CH3])([CH3])[CH3])cc2C(C)(C)C)c([Si](C)(C)C)c[n+]1C. The number of benzene rings is 2. The fourth-order valence-electron chi connectivity index (χ4n) is 5.42. The topological polar surface area (TPSA) is 34.1 Å². The molecule has 7 heteroatoms. The Labute approximate surface area is 235 Å². The van der Waals surface area contributed by atoms with E-state index in [1.54, 1.807) is 15.7 Å². The van der Waals surface area contributed by atoms with Crippen LogP contribution < -0.4 is 14.1 Å². The van der Waals surface area contributed by atoms with E-state index in [0.29, 0.717) is 0 Å². The van der Waals surface area contributed by atoms with Crippen LogP contribution in [0.1, 0.15) is 31.9 Å². The Morgan fingerprint density at radius 1 is 0.974 bits per heavy atom. The van der Waals surface area contributed by atoms with Crippen LogP contribution in [0.2, 0.25) is 36.9 Å². The summed E-state index contributed by atoms with van der Waals surface area (Å²) in [5.41, 5.74) is 9.30. The molecule has 3 aromatic heterocycles. The number of fused-ring (bicyclic) bond motifs is 3. The second kappa shape index (κ2) is 9.13. The predicted molar refractivity (Wildman–Crippen MR) is 170 cm³/mol. The van der Waals surface area contributed by atoms with Crippen molar-refractivity contribution in [2.24, 2.45) is 7.05 Å². The molecule has 0 bridgehead atoms. The van der Waals surface area contributed by atoms with Gasteiger partial charge in [0, 0.05) is 0 Å². The van der Waals surface area contributed by atoms with Crippen LogP contribution in [0.5, 0.6) is 0 Å². The molecule has 2 aromatic carbocycles. The molecule has 4 nitrogen and oxygen atoms in total. The van der Waals surface area contributed by atoms with Crippen LogP contribution in [0.25, 0.3) is 37.6 Å². The average Bonchev–Trinajstić information content (AvgIpc) is 3.38. The maximum atomic E-state index is 4.36. The molecule has 0 saturated carbocycles. The third kappa shape index (κ3) is 4.69. The van der Waals surface area contributed by atoms with Gasteiger partial charge in [0.05, 0.1) is 0 Å². The zero-order valence-electron chi connectivity index (χ0n) is 24.8. The number of hydrogen-bond acceptors (Lipinski definition) is 3. The van der Waals surface area contributed by atoms with Crippen LogP contribution in [0, 0.1) is 6.92 Å². The molecule has 0 N–H and O–H groups in total. The number of pyridine rings is 1. The Morgan fingerprint density at radius 3 is 2.32 bits per heavy atom. The zero-order chi connectivity index (χ0) is 27.8. The first-order valence-electron chi connectivity index (χ1n) is 13.5. The summed E-state index contributed by atoms with van der Waals surface area (Å²) in [5.74, 6) is 7.48. The Morgan fingerprint density at radius 2 is 1.68 bits per heavy atom. The first kappa shape index (κ1) is 27.3. The fourth-order valence-corrected chi connectivity index (χ4v) is 10.6. The number of rotatable bonds is 4. The average molecular weight is 602 g/mol. The van der Waals surface area contributed by atoms with E-state index in [0.717, 1.165) is 4.96 Å². The first-order valence-corrected chi connectivity index (χ1v) is 25.1. The monoisotopic (exact) mass is 603 g/mol. The second-order valence-electron chi connectivity index (χ2n) is 13.8. The van der Waals surface area contributed by atoms with E-state index in [1.165, 1.54) is 48.9 Å². The van der Waals surface area contributed by atoms with Crippen LogP contribution in [0.15, 0.2) is 48.9 Å². The molecule has 198 valence electrons. The fraction of sp³-hybridized carbons (Fsp3) is 0.387. The summed E-state index contributed by atoms with van der Waals surface area (Å²) >= 11 is -0.260. The number of aryl methyl sites for hydroxylation is 2. The van der Waals surface area contributed by atoms with Gasteiger partial charge in [0.1, 0.15) is 0 Å². The molecule has 0 aliphatic carbocycles. The summed E-state index contributed by atoms with van der Waals surface area (Å²) in [7, 11) is 0.551. The predicted octanol–water partition coefficient (Wildman–Crippen LogP) is 6.80. The van der Waals surface area contributed by atoms with Crippen LogP contribution in [0.4, 0.5) is 0 Å². The summed E-state index contributed by atoms with van der Waals surface area (Å²) in [6, 6.07) is 14.3. The van der Waals surface area contributed by atoms with Crippen molar-refractivity contribution in [3.8, 4) is 22.4 Å². The summed E-state index contributed by atoms with van der Waals surface area (Å²) in [4.78, 5) is 0.937. The molecule has 5 aromatic rings. The Balaban J connectivity index is 1.86.